The quantitative estimate of drug-likeness (QED) is 0.478. The number of rotatable bonds is 5. The van der Waals surface area contributed by atoms with Crippen LogP contribution in [0.5, 0.6) is 0 Å². The Hall–Kier alpha value is 0.700. The molecule has 0 spiro atoms. The highest BCUT2D eigenvalue weighted by atomic mass is 33.1. The molecule has 0 nitrogen and oxygen atoms in total. The van der Waals surface area contributed by atoms with Crippen molar-refractivity contribution in [2.75, 3.05) is 5.75 Å². The van der Waals surface area contributed by atoms with Crippen LogP contribution in [0.3, 0.4) is 0 Å². The molecule has 1 rings (SSSR count). The Kier molecular flexibility index (Phi) is 6.41. The number of hydrogen-bond acceptors (Lipinski definition) is 2. The lowest BCUT2D eigenvalue weighted by atomic mass is 10.1. The molecule has 0 radical (unpaired) electrons. The van der Waals surface area contributed by atoms with E-state index >= 15 is 0 Å². The van der Waals surface area contributed by atoms with Crippen molar-refractivity contribution < 1.29 is 0 Å². The Balaban J connectivity index is 1.91. The van der Waals surface area contributed by atoms with Crippen LogP contribution < -0.4 is 0 Å². The Bertz CT molecular complexity index is 98.0. The molecule has 0 bridgehead atoms. The Morgan fingerprint density at radius 3 is 2.83 bits per heavy atom. The number of unbranched alkanes of at least 4 members (excludes halogenated alkanes) is 3. The average Bonchev–Trinajstić information content (AvgIpc) is 2.14. The normalized spacial score (nSPS) is 24.2. The van der Waals surface area contributed by atoms with Gasteiger partial charge in [0.1, 0.15) is 0 Å². The van der Waals surface area contributed by atoms with Gasteiger partial charge < -0.3 is 0 Å². The molecule has 12 heavy (non-hydrogen) atoms. The lowest BCUT2D eigenvalue weighted by Gasteiger charge is -2.19. The molecular weight excluding hydrogens is 184 g/mol. The topological polar surface area (TPSA) is 0 Å². The lowest BCUT2D eigenvalue weighted by molar-refractivity contribution is 0.596. The maximum atomic E-state index is 2.28. The van der Waals surface area contributed by atoms with E-state index in [1.165, 1.54) is 50.7 Å². The highest BCUT2D eigenvalue weighted by molar-refractivity contribution is 8.77. The van der Waals surface area contributed by atoms with Gasteiger partial charge in [0.25, 0.3) is 0 Å². The second kappa shape index (κ2) is 7.14. The predicted octanol–water partition coefficient (Wildman–Crippen LogP) is 4.50. The average molecular weight is 204 g/mol. The Labute approximate surface area is 84.7 Å². The van der Waals surface area contributed by atoms with E-state index in [2.05, 4.69) is 28.5 Å². The van der Waals surface area contributed by atoms with Crippen molar-refractivity contribution in [2.45, 2.75) is 57.1 Å². The van der Waals surface area contributed by atoms with E-state index in [0.717, 1.165) is 5.25 Å². The highest BCUT2D eigenvalue weighted by Crippen LogP contribution is 2.38. The largest absolute Gasteiger partial charge is 0.0939 e. The van der Waals surface area contributed by atoms with Gasteiger partial charge in [-0.2, -0.15) is 0 Å². The fourth-order valence-corrected chi connectivity index (χ4v) is 4.45. The van der Waals surface area contributed by atoms with Gasteiger partial charge in [0, 0.05) is 11.0 Å². The smallest absolute Gasteiger partial charge is 0.0151 e. The van der Waals surface area contributed by atoms with Crippen LogP contribution in [0.25, 0.3) is 0 Å². The molecule has 1 aliphatic rings. The molecular formula is C10H20S2. The van der Waals surface area contributed by atoms with Gasteiger partial charge in [-0.25, -0.2) is 0 Å². The minimum absolute atomic E-state index is 0.987. The summed E-state index contributed by atoms with van der Waals surface area (Å²) in [6.45, 7) is 2.28. The molecule has 1 heterocycles. The van der Waals surface area contributed by atoms with Gasteiger partial charge in [0.15, 0.2) is 0 Å². The second-order valence-corrected chi connectivity index (χ2v) is 6.32. The van der Waals surface area contributed by atoms with Gasteiger partial charge in [0.05, 0.1) is 0 Å². The summed E-state index contributed by atoms with van der Waals surface area (Å²) in [7, 11) is 4.22. The fourth-order valence-electron chi connectivity index (χ4n) is 1.55. The van der Waals surface area contributed by atoms with Crippen LogP contribution in [0.4, 0.5) is 0 Å². The van der Waals surface area contributed by atoms with Crippen molar-refractivity contribution in [1.82, 2.24) is 0 Å². The molecule has 0 aromatic heterocycles. The van der Waals surface area contributed by atoms with Gasteiger partial charge in [-0.1, -0.05) is 54.2 Å². The standard InChI is InChI=1S/C10H20S2/c1-2-3-4-5-7-10-8-6-9-11-12-10/h10H,2-9H2,1H3. The van der Waals surface area contributed by atoms with Gasteiger partial charge in [-0.3, -0.25) is 0 Å². The highest BCUT2D eigenvalue weighted by Gasteiger charge is 2.13. The molecule has 72 valence electrons. The summed E-state index contributed by atoms with van der Waals surface area (Å²) >= 11 is 0. The van der Waals surface area contributed by atoms with Crippen LogP contribution in [0.15, 0.2) is 0 Å². The van der Waals surface area contributed by atoms with Crippen LogP contribution in [0, 0.1) is 0 Å². The van der Waals surface area contributed by atoms with Crippen LogP contribution >= 0.6 is 21.6 Å². The maximum Gasteiger partial charge on any atom is 0.0151 e. The fraction of sp³-hybridized carbons (Fsp3) is 1.00. The summed E-state index contributed by atoms with van der Waals surface area (Å²) in [4.78, 5) is 0. The molecule has 1 saturated heterocycles. The van der Waals surface area contributed by atoms with Crippen LogP contribution in [0.2, 0.25) is 0 Å². The van der Waals surface area contributed by atoms with Crippen LogP contribution in [-0.2, 0) is 0 Å². The second-order valence-electron chi connectivity index (χ2n) is 3.53. The van der Waals surface area contributed by atoms with Gasteiger partial charge in [-0.05, 0) is 19.3 Å². The zero-order chi connectivity index (χ0) is 8.65. The van der Waals surface area contributed by atoms with Crippen LogP contribution in [-0.4, -0.2) is 11.0 Å². The first-order chi connectivity index (χ1) is 5.93. The van der Waals surface area contributed by atoms with Crippen molar-refractivity contribution in [3.63, 3.8) is 0 Å². The van der Waals surface area contributed by atoms with Gasteiger partial charge in [-0.15, -0.1) is 0 Å². The molecule has 0 aromatic rings. The zero-order valence-corrected chi connectivity index (χ0v) is 9.68. The molecule has 0 aliphatic carbocycles. The Morgan fingerprint density at radius 2 is 2.17 bits per heavy atom. The molecule has 0 aromatic carbocycles. The van der Waals surface area contributed by atoms with E-state index in [1.54, 1.807) is 0 Å². The SMILES string of the molecule is CCCCCCC1CCCSS1. The minimum atomic E-state index is 0.987. The van der Waals surface area contributed by atoms with Crippen molar-refractivity contribution in [1.29, 1.82) is 0 Å². The third-order valence-corrected chi connectivity index (χ3v) is 5.40. The van der Waals surface area contributed by atoms with E-state index in [4.69, 9.17) is 0 Å². The lowest BCUT2D eigenvalue weighted by Crippen LogP contribution is -2.05. The molecule has 0 saturated carbocycles. The summed E-state index contributed by atoms with van der Waals surface area (Å²) in [5.41, 5.74) is 0. The molecule has 1 fully saturated rings. The molecule has 0 N–H and O–H groups in total. The minimum Gasteiger partial charge on any atom is -0.0939 e. The monoisotopic (exact) mass is 204 g/mol. The van der Waals surface area contributed by atoms with E-state index in [-0.39, 0.29) is 0 Å². The molecule has 1 unspecified atom stereocenters. The summed E-state index contributed by atoms with van der Waals surface area (Å²) in [5, 5.41) is 0.987. The van der Waals surface area contributed by atoms with Crippen molar-refractivity contribution >= 4 is 21.6 Å². The number of hydrogen-bond donors (Lipinski definition) is 0. The summed E-state index contributed by atoms with van der Waals surface area (Å²) in [6, 6.07) is 0. The summed E-state index contributed by atoms with van der Waals surface area (Å²) in [5.74, 6) is 1.39. The third-order valence-electron chi connectivity index (χ3n) is 2.34. The van der Waals surface area contributed by atoms with Crippen molar-refractivity contribution in [2.24, 2.45) is 0 Å². The maximum absolute atomic E-state index is 2.28. The molecule has 2 heteroatoms. The predicted molar refractivity (Wildman–Crippen MR) is 61.8 cm³/mol. The molecule has 1 aliphatic heterocycles. The Morgan fingerprint density at radius 1 is 1.25 bits per heavy atom. The van der Waals surface area contributed by atoms with Gasteiger partial charge >= 0.3 is 0 Å². The first-order valence-electron chi connectivity index (χ1n) is 5.21. The molecule has 0 amide bonds. The van der Waals surface area contributed by atoms with Crippen molar-refractivity contribution in [3.8, 4) is 0 Å². The van der Waals surface area contributed by atoms with E-state index in [0.29, 0.717) is 0 Å². The summed E-state index contributed by atoms with van der Waals surface area (Å²) in [6.07, 6.45) is 10.1. The summed E-state index contributed by atoms with van der Waals surface area (Å²) < 4.78 is 0. The van der Waals surface area contributed by atoms with Gasteiger partial charge in [0.2, 0.25) is 0 Å². The van der Waals surface area contributed by atoms with Crippen LogP contribution in [0.1, 0.15) is 51.9 Å². The third kappa shape index (κ3) is 4.66. The first kappa shape index (κ1) is 10.8. The van der Waals surface area contributed by atoms with E-state index < -0.39 is 0 Å². The van der Waals surface area contributed by atoms with Crippen molar-refractivity contribution in [3.05, 3.63) is 0 Å². The van der Waals surface area contributed by atoms with E-state index in [1.807, 2.05) is 0 Å². The zero-order valence-electron chi connectivity index (χ0n) is 8.05. The van der Waals surface area contributed by atoms with E-state index in [9.17, 15) is 0 Å². The molecule has 1 atom stereocenters. The first-order valence-corrected chi connectivity index (χ1v) is 7.60.